The molecule has 0 aromatic carbocycles. The fourth-order valence-corrected chi connectivity index (χ4v) is 6.00. The van der Waals surface area contributed by atoms with E-state index < -0.39 is 41.9 Å². The average Bonchev–Trinajstić information content (AvgIpc) is 3.18. The number of carboxylic acids is 4. The van der Waals surface area contributed by atoms with Crippen molar-refractivity contribution < 1.29 is 72.9 Å². The number of unbranched alkanes of at least 4 members (excludes halogenated alkanes) is 1. The smallest absolute Gasteiger partial charge is 0.320 e. The fourth-order valence-electron chi connectivity index (χ4n) is 6.00. The van der Waals surface area contributed by atoms with E-state index in [9.17, 15) is 54.0 Å². The molecule has 346 valence electrons. The van der Waals surface area contributed by atoms with Gasteiger partial charge in [-0.1, -0.05) is 0 Å². The molecular formula is C37H68N8O15. The largest absolute Gasteiger partial charge is 0.480 e. The summed E-state index contributed by atoms with van der Waals surface area (Å²) in [6.45, 7) is 4.12. The molecule has 0 saturated carbocycles. The van der Waals surface area contributed by atoms with Crippen molar-refractivity contribution in [3.8, 4) is 0 Å². The number of carbonyl (C=O) groups is 7. The Kier molecular flexibility index (Phi) is 30.2. The van der Waals surface area contributed by atoms with Crippen molar-refractivity contribution in [3.63, 3.8) is 0 Å². The van der Waals surface area contributed by atoms with Crippen molar-refractivity contribution in [2.24, 2.45) is 5.73 Å². The Morgan fingerprint density at radius 3 is 1.37 bits per heavy atom. The minimum absolute atomic E-state index is 0.0523. The summed E-state index contributed by atoms with van der Waals surface area (Å²) in [7, 11) is 1.60. The molecule has 0 radical (unpaired) electrons. The van der Waals surface area contributed by atoms with E-state index in [1.165, 1.54) is 0 Å². The van der Waals surface area contributed by atoms with Gasteiger partial charge in [-0.2, -0.15) is 0 Å². The molecule has 1 unspecified atom stereocenters. The molecule has 1 heterocycles. The molecule has 2 atom stereocenters. The third-order valence-electron chi connectivity index (χ3n) is 9.31. The third-order valence-corrected chi connectivity index (χ3v) is 9.31. The molecular weight excluding hydrogens is 796 g/mol. The van der Waals surface area contributed by atoms with Crippen molar-refractivity contribution in [1.29, 1.82) is 0 Å². The van der Waals surface area contributed by atoms with E-state index in [2.05, 4.69) is 16.0 Å². The first kappa shape index (κ1) is 53.9. The van der Waals surface area contributed by atoms with E-state index in [1.54, 1.807) is 26.7 Å². The van der Waals surface area contributed by atoms with Crippen LogP contribution in [0.15, 0.2) is 0 Å². The van der Waals surface area contributed by atoms with E-state index in [0.717, 1.165) is 0 Å². The third kappa shape index (κ3) is 28.4. The number of rotatable bonds is 32. The summed E-state index contributed by atoms with van der Waals surface area (Å²) in [4.78, 5) is 90.6. The van der Waals surface area contributed by atoms with Crippen LogP contribution in [0.25, 0.3) is 0 Å². The molecule has 1 saturated heterocycles. The highest BCUT2D eigenvalue weighted by atomic mass is 16.6. The van der Waals surface area contributed by atoms with Crippen LogP contribution in [-0.4, -0.2) is 239 Å². The highest BCUT2D eigenvalue weighted by Gasteiger charge is 2.28. The number of carbonyl (C=O) groups excluding carboxylic acids is 3. The quantitative estimate of drug-likeness (QED) is 0.0306. The van der Waals surface area contributed by atoms with Crippen LogP contribution in [0.5, 0.6) is 0 Å². The molecule has 1 fully saturated rings. The molecule has 0 spiro atoms. The van der Waals surface area contributed by atoms with Gasteiger partial charge in [-0.15, -0.1) is 0 Å². The van der Waals surface area contributed by atoms with Gasteiger partial charge in [0.2, 0.25) is 17.7 Å². The number of hydrogen-bond acceptors (Lipinski definition) is 16. The molecule has 23 nitrogen and oxygen atoms in total. The van der Waals surface area contributed by atoms with Crippen LogP contribution in [0, 0.1) is 0 Å². The lowest BCUT2D eigenvalue weighted by Crippen LogP contribution is -2.52. The molecule has 0 aromatic heterocycles. The lowest BCUT2D eigenvalue weighted by molar-refractivity contribution is -0.145. The minimum atomic E-state index is -1.19. The van der Waals surface area contributed by atoms with Crippen molar-refractivity contribution >= 4 is 41.6 Å². The normalized spacial score (nSPS) is 16.2. The summed E-state index contributed by atoms with van der Waals surface area (Å²) in [5.41, 5.74) is 5.92. The zero-order valence-corrected chi connectivity index (χ0v) is 34.9. The first-order valence-corrected chi connectivity index (χ1v) is 20.3. The summed E-state index contributed by atoms with van der Waals surface area (Å²) in [6.07, 6.45) is 1.11. The molecule has 0 aromatic rings. The van der Waals surface area contributed by atoms with Crippen LogP contribution in [-0.2, 0) is 52.5 Å². The highest BCUT2D eigenvalue weighted by molar-refractivity contribution is 5.83. The zero-order valence-electron chi connectivity index (χ0n) is 34.9. The van der Waals surface area contributed by atoms with Crippen LogP contribution in [0.1, 0.15) is 38.5 Å². The molecule has 9 N–H and O–H groups in total. The molecule has 23 heteroatoms. The summed E-state index contributed by atoms with van der Waals surface area (Å²) in [6, 6.07) is -1.99. The van der Waals surface area contributed by atoms with Crippen LogP contribution >= 0.6 is 0 Å². The number of aliphatic carboxylic acids is 4. The first-order valence-electron chi connectivity index (χ1n) is 20.3. The molecule has 1 aliphatic rings. The maximum absolute atomic E-state index is 12.7. The Bertz CT molecular complexity index is 1250. The number of ether oxygens (including phenoxy) is 4. The Hall–Kier alpha value is -4.07. The number of carboxylic acid groups (broad SMARTS) is 4. The molecule has 3 amide bonds. The molecule has 0 aliphatic carbocycles. The number of nitrogens with zero attached hydrogens (tertiary/aromatic N) is 4. The van der Waals surface area contributed by atoms with Gasteiger partial charge >= 0.3 is 23.9 Å². The van der Waals surface area contributed by atoms with E-state index in [0.29, 0.717) is 59.0 Å². The Morgan fingerprint density at radius 1 is 0.550 bits per heavy atom. The van der Waals surface area contributed by atoms with Crippen molar-refractivity contribution in [1.82, 2.24) is 35.6 Å². The molecule has 1 aliphatic heterocycles. The second kappa shape index (κ2) is 33.6. The topological polar surface area (TPSA) is 312 Å². The number of amides is 3. The summed E-state index contributed by atoms with van der Waals surface area (Å²) >= 11 is 0. The Labute approximate surface area is 351 Å². The number of hydrogen-bond donors (Lipinski definition) is 8. The second-order valence-electron chi connectivity index (χ2n) is 14.1. The minimum Gasteiger partial charge on any atom is -0.480 e. The predicted octanol–water partition coefficient (Wildman–Crippen LogP) is -3.37. The van der Waals surface area contributed by atoms with Crippen molar-refractivity contribution in [3.05, 3.63) is 0 Å². The van der Waals surface area contributed by atoms with E-state index >= 15 is 0 Å². The van der Waals surface area contributed by atoms with Gasteiger partial charge in [0, 0.05) is 91.9 Å². The molecule has 60 heavy (non-hydrogen) atoms. The summed E-state index contributed by atoms with van der Waals surface area (Å²) in [5, 5.41) is 46.6. The average molecular weight is 865 g/mol. The van der Waals surface area contributed by atoms with Crippen LogP contribution in [0.3, 0.4) is 0 Å². The number of nitrogens with one attached hydrogen (secondary N) is 3. The SMILES string of the molecule is COCCOCCOCCOCCNC(=O)[C@@H](N)CCC(=O)NCCCCNC(=O)CCC(C(=O)O)N1CCN(CC(=O)O)CCN(CC(=O)O)CCN(CC(=O)O)CC1. The maximum atomic E-state index is 12.7. The molecule has 1 rings (SSSR count). The van der Waals surface area contributed by atoms with Gasteiger partial charge in [0.05, 0.1) is 71.9 Å². The van der Waals surface area contributed by atoms with Gasteiger partial charge < -0.3 is 61.1 Å². The zero-order chi connectivity index (χ0) is 44.5. The maximum Gasteiger partial charge on any atom is 0.320 e. The second-order valence-corrected chi connectivity index (χ2v) is 14.1. The lowest BCUT2D eigenvalue weighted by atomic mass is 10.1. The predicted molar refractivity (Wildman–Crippen MR) is 214 cm³/mol. The standard InChI is InChI=1S/C37H68N8O15/c1-57-20-21-59-24-25-60-23-22-58-19-10-41-36(54)29(38)4-6-31(46)39-8-2-3-9-40-32(47)7-5-30(37(55)56)45-17-15-43(27-34(50)51)13-11-42(26-33(48)49)12-14-44(16-18-45)28-35(52)53/h29-30H,2-28,38H2,1H3,(H,39,46)(H,40,47)(H,41,54)(H,48,49)(H,50,51)(H,52,53)(H,55,56)/t29-,30?/m0/s1. The molecule has 0 bridgehead atoms. The monoisotopic (exact) mass is 864 g/mol. The van der Waals surface area contributed by atoms with Gasteiger partial charge in [-0.3, -0.25) is 53.2 Å². The van der Waals surface area contributed by atoms with E-state index in [4.69, 9.17) is 24.7 Å². The van der Waals surface area contributed by atoms with Gasteiger partial charge in [0.25, 0.3) is 0 Å². The summed E-state index contributed by atoms with van der Waals surface area (Å²) < 4.78 is 20.9. The van der Waals surface area contributed by atoms with Gasteiger partial charge in [0.1, 0.15) is 6.04 Å². The van der Waals surface area contributed by atoms with Crippen LogP contribution in [0.2, 0.25) is 0 Å². The fraction of sp³-hybridized carbons (Fsp3) is 0.811. The summed E-state index contributed by atoms with van der Waals surface area (Å²) in [5.74, 6) is -5.50. The number of methoxy groups -OCH3 is 1. The Morgan fingerprint density at radius 2 is 0.950 bits per heavy atom. The lowest BCUT2D eigenvalue weighted by Gasteiger charge is -2.35. The van der Waals surface area contributed by atoms with Gasteiger partial charge in [0.15, 0.2) is 0 Å². The Balaban J connectivity index is 2.43. The van der Waals surface area contributed by atoms with Gasteiger partial charge in [-0.25, -0.2) is 0 Å². The van der Waals surface area contributed by atoms with Crippen molar-refractivity contribution in [2.75, 3.05) is 145 Å². The highest BCUT2D eigenvalue weighted by Crippen LogP contribution is 2.11. The van der Waals surface area contributed by atoms with E-state index in [-0.39, 0.29) is 129 Å². The number of nitrogens with two attached hydrogens (primary N) is 1. The van der Waals surface area contributed by atoms with E-state index in [1.807, 2.05) is 0 Å². The van der Waals surface area contributed by atoms with Crippen LogP contribution < -0.4 is 21.7 Å². The first-order chi connectivity index (χ1) is 28.7. The van der Waals surface area contributed by atoms with Crippen LogP contribution in [0.4, 0.5) is 0 Å². The van der Waals surface area contributed by atoms with Crippen molar-refractivity contribution in [2.45, 2.75) is 50.6 Å². The van der Waals surface area contributed by atoms with Gasteiger partial charge in [-0.05, 0) is 25.7 Å².